The van der Waals surface area contributed by atoms with Crippen LogP contribution in [0.25, 0.3) is 0 Å². The molecule has 1 aromatic carbocycles. The molecule has 0 radical (unpaired) electrons. The molecule has 2 rings (SSSR count). The van der Waals surface area contributed by atoms with Crippen molar-refractivity contribution in [3.63, 3.8) is 0 Å². The Morgan fingerprint density at radius 1 is 1.35 bits per heavy atom. The van der Waals surface area contributed by atoms with Crippen LogP contribution in [0, 0.1) is 5.82 Å². The Bertz CT molecular complexity index is 484. The van der Waals surface area contributed by atoms with Crippen LogP contribution in [-0.2, 0) is 6.42 Å². The van der Waals surface area contributed by atoms with E-state index in [-0.39, 0.29) is 5.82 Å². The molecule has 0 bridgehead atoms. The van der Waals surface area contributed by atoms with Crippen molar-refractivity contribution in [1.29, 1.82) is 0 Å². The molecule has 4 heteroatoms. The van der Waals surface area contributed by atoms with E-state index in [1.165, 1.54) is 11.6 Å². The second kappa shape index (κ2) is 5.76. The third-order valence-electron chi connectivity index (χ3n) is 2.61. The lowest BCUT2D eigenvalue weighted by Gasteiger charge is -2.11. The Morgan fingerprint density at radius 3 is 2.82 bits per heavy atom. The standard InChI is InChI=1S/C13H12BrFOS/c14-11-7-10(2-3-12(11)15)13(16)4-1-9-5-6-17-8-9/h2-3,5-8,13,16H,1,4H2. The SMILES string of the molecule is OC(CCc1ccsc1)c1ccc(F)c(Br)c1. The van der Waals surface area contributed by atoms with Crippen molar-refractivity contribution in [2.24, 2.45) is 0 Å². The van der Waals surface area contributed by atoms with Crippen molar-refractivity contribution < 1.29 is 9.50 Å². The number of hydrogen-bond donors (Lipinski definition) is 1. The van der Waals surface area contributed by atoms with Crippen molar-refractivity contribution in [2.75, 3.05) is 0 Å². The maximum absolute atomic E-state index is 13.0. The van der Waals surface area contributed by atoms with Crippen LogP contribution in [0.5, 0.6) is 0 Å². The van der Waals surface area contributed by atoms with E-state index in [2.05, 4.69) is 27.4 Å². The van der Waals surface area contributed by atoms with Crippen molar-refractivity contribution in [3.05, 3.63) is 56.4 Å². The number of aliphatic hydroxyl groups excluding tert-OH is 1. The molecule has 0 aliphatic carbocycles. The molecule has 1 heterocycles. The molecular weight excluding hydrogens is 303 g/mol. The summed E-state index contributed by atoms with van der Waals surface area (Å²) in [6.45, 7) is 0. The van der Waals surface area contributed by atoms with E-state index in [1.807, 2.05) is 5.38 Å². The number of hydrogen-bond acceptors (Lipinski definition) is 2. The Hall–Kier alpha value is -0.710. The van der Waals surface area contributed by atoms with Gasteiger partial charge in [0.05, 0.1) is 10.6 Å². The summed E-state index contributed by atoms with van der Waals surface area (Å²) >= 11 is 4.77. The maximum Gasteiger partial charge on any atom is 0.137 e. The Labute approximate surface area is 112 Å². The summed E-state index contributed by atoms with van der Waals surface area (Å²) in [5, 5.41) is 14.1. The van der Waals surface area contributed by atoms with Crippen LogP contribution in [0.3, 0.4) is 0 Å². The minimum absolute atomic E-state index is 0.307. The zero-order chi connectivity index (χ0) is 12.3. The van der Waals surface area contributed by atoms with Crippen LogP contribution in [0.15, 0.2) is 39.5 Å². The Morgan fingerprint density at radius 2 is 2.18 bits per heavy atom. The summed E-state index contributed by atoms with van der Waals surface area (Å²) in [4.78, 5) is 0. The number of aryl methyl sites for hydroxylation is 1. The van der Waals surface area contributed by atoms with Crippen LogP contribution in [-0.4, -0.2) is 5.11 Å². The van der Waals surface area contributed by atoms with Crippen molar-refractivity contribution in [3.8, 4) is 0 Å². The average molecular weight is 315 g/mol. The summed E-state index contributed by atoms with van der Waals surface area (Å²) in [5.41, 5.74) is 1.98. The van der Waals surface area contributed by atoms with E-state index >= 15 is 0 Å². The number of benzene rings is 1. The third-order valence-corrected chi connectivity index (χ3v) is 3.95. The molecule has 0 saturated carbocycles. The van der Waals surface area contributed by atoms with Gasteiger partial charge in [0.1, 0.15) is 5.82 Å². The van der Waals surface area contributed by atoms with Gasteiger partial charge in [-0.3, -0.25) is 0 Å². The molecular formula is C13H12BrFOS. The smallest absolute Gasteiger partial charge is 0.137 e. The molecule has 0 aliphatic heterocycles. The predicted molar refractivity (Wildman–Crippen MR) is 71.7 cm³/mol. The fraction of sp³-hybridized carbons (Fsp3) is 0.231. The summed E-state index contributed by atoms with van der Waals surface area (Å²) in [7, 11) is 0. The molecule has 0 amide bonds. The van der Waals surface area contributed by atoms with Crippen molar-refractivity contribution in [2.45, 2.75) is 18.9 Å². The normalized spacial score (nSPS) is 12.6. The first-order valence-electron chi connectivity index (χ1n) is 5.31. The minimum atomic E-state index is -0.549. The van der Waals surface area contributed by atoms with Gasteiger partial charge >= 0.3 is 0 Å². The van der Waals surface area contributed by atoms with Gasteiger partial charge in [-0.15, -0.1) is 0 Å². The van der Waals surface area contributed by atoms with Crippen LogP contribution < -0.4 is 0 Å². The lowest BCUT2D eigenvalue weighted by atomic mass is 10.0. The van der Waals surface area contributed by atoms with Gasteiger partial charge in [0.2, 0.25) is 0 Å². The van der Waals surface area contributed by atoms with Crippen molar-refractivity contribution in [1.82, 2.24) is 0 Å². The fourth-order valence-corrected chi connectivity index (χ4v) is 2.72. The molecule has 90 valence electrons. The van der Waals surface area contributed by atoms with E-state index in [0.717, 1.165) is 12.0 Å². The first kappa shape index (κ1) is 12.7. The molecule has 1 atom stereocenters. The second-order valence-corrected chi connectivity index (χ2v) is 5.49. The molecule has 1 nitrogen and oxygen atoms in total. The van der Waals surface area contributed by atoms with Crippen LogP contribution in [0.1, 0.15) is 23.7 Å². The minimum Gasteiger partial charge on any atom is -0.388 e. The van der Waals surface area contributed by atoms with Gasteiger partial charge in [0.25, 0.3) is 0 Å². The van der Waals surface area contributed by atoms with Gasteiger partial charge in [-0.25, -0.2) is 4.39 Å². The molecule has 1 aromatic heterocycles. The first-order chi connectivity index (χ1) is 8.16. The lowest BCUT2D eigenvalue weighted by molar-refractivity contribution is 0.167. The van der Waals surface area contributed by atoms with E-state index in [4.69, 9.17) is 0 Å². The topological polar surface area (TPSA) is 20.2 Å². The van der Waals surface area contributed by atoms with Gasteiger partial charge < -0.3 is 5.11 Å². The molecule has 1 N–H and O–H groups in total. The monoisotopic (exact) mass is 314 g/mol. The van der Waals surface area contributed by atoms with Gasteiger partial charge in [-0.2, -0.15) is 11.3 Å². The highest BCUT2D eigenvalue weighted by Gasteiger charge is 2.10. The van der Waals surface area contributed by atoms with E-state index in [0.29, 0.717) is 10.9 Å². The third kappa shape index (κ3) is 3.37. The number of rotatable bonds is 4. The van der Waals surface area contributed by atoms with E-state index < -0.39 is 6.10 Å². The molecule has 2 aromatic rings. The number of halogens is 2. The highest BCUT2D eigenvalue weighted by atomic mass is 79.9. The number of thiophene rings is 1. The maximum atomic E-state index is 13.0. The number of aliphatic hydroxyl groups is 1. The van der Waals surface area contributed by atoms with Crippen LogP contribution in [0.2, 0.25) is 0 Å². The largest absolute Gasteiger partial charge is 0.388 e. The Balaban J connectivity index is 1.99. The molecule has 0 aliphatic rings. The molecule has 0 saturated heterocycles. The summed E-state index contributed by atoms with van der Waals surface area (Å²) in [6, 6.07) is 6.68. The van der Waals surface area contributed by atoms with Crippen molar-refractivity contribution >= 4 is 27.3 Å². The second-order valence-electron chi connectivity index (χ2n) is 3.86. The quantitative estimate of drug-likeness (QED) is 0.891. The molecule has 17 heavy (non-hydrogen) atoms. The summed E-state index contributed by atoms with van der Waals surface area (Å²) in [5.74, 6) is -0.307. The van der Waals surface area contributed by atoms with Gasteiger partial charge in [0.15, 0.2) is 0 Å². The lowest BCUT2D eigenvalue weighted by Crippen LogP contribution is -1.99. The molecule has 0 spiro atoms. The van der Waals surface area contributed by atoms with Crippen LogP contribution in [0.4, 0.5) is 4.39 Å². The van der Waals surface area contributed by atoms with E-state index in [9.17, 15) is 9.50 Å². The van der Waals surface area contributed by atoms with Gasteiger partial charge in [0, 0.05) is 0 Å². The fourth-order valence-electron chi connectivity index (χ4n) is 1.62. The highest BCUT2D eigenvalue weighted by Crippen LogP contribution is 2.24. The zero-order valence-corrected chi connectivity index (χ0v) is 11.5. The summed E-state index contributed by atoms with van der Waals surface area (Å²) < 4.78 is 13.4. The average Bonchev–Trinajstić information content (AvgIpc) is 2.82. The predicted octanol–water partition coefficient (Wildman–Crippen LogP) is 4.32. The first-order valence-corrected chi connectivity index (χ1v) is 7.04. The summed E-state index contributed by atoms with van der Waals surface area (Å²) in [6.07, 6.45) is 0.931. The Kier molecular flexibility index (Phi) is 4.31. The highest BCUT2D eigenvalue weighted by molar-refractivity contribution is 9.10. The zero-order valence-electron chi connectivity index (χ0n) is 9.07. The van der Waals surface area contributed by atoms with Gasteiger partial charge in [-0.1, -0.05) is 6.07 Å². The van der Waals surface area contributed by atoms with Crippen LogP contribution >= 0.6 is 27.3 Å². The van der Waals surface area contributed by atoms with E-state index in [1.54, 1.807) is 23.5 Å². The van der Waals surface area contributed by atoms with Gasteiger partial charge in [-0.05, 0) is 68.9 Å². The molecule has 0 fully saturated rings. The molecule has 1 unspecified atom stereocenters.